The molecule has 1 amide bonds. The van der Waals surface area contributed by atoms with Crippen molar-refractivity contribution in [2.75, 3.05) is 20.8 Å². The van der Waals surface area contributed by atoms with E-state index in [1.54, 1.807) is 0 Å². The fourth-order valence-corrected chi connectivity index (χ4v) is 0.818. The van der Waals surface area contributed by atoms with Crippen LogP contribution in [0.25, 0.3) is 0 Å². The molecule has 7 heteroatoms. The van der Waals surface area contributed by atoms with Crippen LogP contribution in [0.1, 0.15) is 6.42 Å². The van der Waals surface area contributed by atoms with E-state index in [-0.39, 0.29) is 41.7 Å². The van der Waals surface area contributed by atoms with Gasteiger partial charge >= 0.3 is 29.6 Å². The van der Waals surface area contributed by atoms with E-state index in [4.69, 9.17) is 9.47 Å². The second-order valence-electron chi connectivity index (χ2n) is 2.76. The van der Waals surface area contributed by atoms with Crippen LogP contribution in [-0.4, -0.2) is 38.9 Å². The van der Waals surface area contributed by atoms with E-state index in [0.717, 1.165) is 0 Å². The number of methoxy groups -OCH3 is 2. The van der Waals surface area contributed by atoms with Crippen LogP contribution < -0.4 is 40.0 Å². The molecule has 0 heterocycles. The molecular formula is C9H14NNaO5. The number of carboxylic acids is 1. The number of rotatable bonds is 7. The van der Waals surface area contributed by atoms with Crippen LogP contribution in [0.2, 0.25) is 0 Å². The molecule has 0 saturated carbocycles. The Morgan fingerprint density at radius 2 is 1.88 bits per heavy atom. The number of carbonyl (C=O) groups excluding carboxylic acids is 2. The van der Waals surface area contributed by atoms with E-state index < -0.39 is 24.6 Å². The summed E-state index contributed by atoms with van der Waals surface area (Å²) in [7, 11) is 2.85. The standard InChI is InChI=1S/C9H15NO5.Na/c1-6(4-7(11)12)9(13)10-5-8(14-2)15-3;/h8H,1,4-5H2,2-3H3,(H,10,13)(H,11,12);/q;+1/p-1. The second-order valence-corrected chi connectivity index (χ2v) is 2.76. The summed E-state index contributed by atoms with van der Waals surface area (Å²) in [5.41, 5.74) is -0.0686. The first-order chi connectivity index (χ1) is 7.01. The normalized spacial score (nSPS) is 9.44. The van der Waals surface area contributed by atoms with E-state index >= 15 is 0 Å². The number of hydrogen-bond acceptors (Lipinski definition) is 5. The third-order valence-corrected chi connectivity index (χ3v) is 1.63. The van der Waals surface area contributed by atoms with Crippen molar-refractivity contribution in [1.29, 1.82) is 0 Å². The van der Waals surface area contributed by atoms with Gasteiger partial charge in [-0.15, -0.1) is 0 Å². The van der Waals surface area contributed by atoms with Crippen LogP contribution in [0.4, 0.5) is 0 Å². The quantitative estimate of drug-likeness (QED) is 0.274. The minimum Gasteiger partial charge on any atom is -0.550 e. The zero-order valence-electron chi connectivity index (χ0n) is 9.74. The fraction of sp³-hybridized carbons (Fsp3) is 0.556. The number of nitrogens with one attached hydrogen (secondary N) is 1. The van der Waals surface area contributed by atoms with Gasteiger partial charge in [0.05, 0.1) is 6.54 Å². The monoisotopic (exact) mass is 239 g/mol. The van der Waals surface area contributed by atoms with Crippen molar-refractivity contribution in [3.63, 3.8) is 0 Å². The van der Waals surface area contributed by atoms with Crippen molar-refractivity contribution in [1.82, 2.24) is 5.32 Å². The summed E-state index contributed by atoms with van der Waals surface area (Å²) in [6, 6.07) is 0. The molecule has 0 spiro atoms. The molecule has 1 N–H and O–H groups in total. The minimum absolute atomic E-state index is 0. The Balaban J connectivity index is 0. The molecule has 0 aliphatic rings. The van der Waals surface area contributed by atoms with Crippen molar-refractivity contribution in [2.45, 2.75) is 12.7 Å². The van der Waals surface area contributed by atoms with E-state index in [2.05, 4.69) is 11.9 Å². The third kappa shape index (κ3) is 7.84. The van der Waals surface area contributed by atoms with E-state index in [1.807, 2.05) is 0 Å². The summed E-state index contributed by atoms with van der Waals surface area (Å²) in [4.78, 5) is 21.4. The van der Waals surface area contributed by atoms with Gasteiger partial charge in [0.25, 0.3) is 0 Å². The van der Waals surface area contributed by atoms with Crippen LogP contribution in [0.5, 0.6) is 0 Å². The molecule has 0 aromatic rings. The molecule has 6 nitrogen and oxygen atoms in total. The summed E-state index contributed by atoms with van der Waals surface area (Å²) in [6.45, 7) is 3.43. The first kappa shape index (κ1) is 18.0. The number of carboxylic acid groups (broad SMARTS) is 1. The van der Waals surface area contributed by atoms with Crippen LogP contribution in [0.3, 0.4) is 0 Å². The first-order valence-corrected chi connectivity index (χ1v) is 4.22. The van der Waals surface area contributed by atoms with Gasteiger partial charge in [-0.25, -0.2) is 0 Å². The largest absolute Gasteiger partial charge is 1.00 e. The number of ether oxygens (including phenoxy) is 2. The summed E-state index contributed by atoms with van der Waals surface area (Å²) >= 11 is 0. The Hall–Kier alpha value is -0.400. The average molecular weight is 239 g/mol. The molecule has 0 saturated heterocycles. The van der Waals surface area contributed by atoms with Crippen LogP contribution in [-0.2, 0) is 19.1 Å². The van der Waals surface area contributed by atoms with Gasteiger partial charge in [-0.3, -0.25) is 4.79 Å². The van der Waals surface area contributed by atoms with E-state index in [1.165, 1.54) is 14.2 Å². The Labute approximate surface area is 116 Å². The van der Waals surface area contributed by atoms with Gasteiger partial charge in [-0.05, 0) is 0 Å². The predicted octanol–water partition coefficient (Wildman–Crippen LogP) is -4.58. The molecule has 0 rings (SSSR count). The zero-order valence-corrected chi connectivity index (χ0v) is 11.7. The minimum atomic E-state index is -1.34. The second kappa shape index (κ2) is 9.80. The summed E-state index contributed by atoms with van der Waals surface area (Å²) < 4.78 is 9.63. The van der Waals surface area contributed by atoms with Gasteiger partial charge in [0.2, 0.25) is 5.91 Å². The first-order valence-electron chi connectivity index (χ1n) is 4.22. The molecule has 0 bridgehead atoms. The average Bonchev–Trinajstić information content (AvgIpc) is 2.18. The Bertz CT molecular complexity index is 252. The maximum Gasteiger partial charge on any atom is 1.00 e. The van der Waals surface area contributed by atoms with Crippen LogP contribution in [0.15, 0.2) is 12.2 Å². The van der Waals surface area contributed by atoms with Crippen molar-refractivity contribution < 1.29 is 53.7 Å². The molecule has 0 aromatic carbocycles. The van der Waals surface area contributed by atoms with Crippen molar-refractivity contribution in [2.24, 2.45) is 0 Å². The molecule has 86 valence electrons. The molecule has 0 aromatic heterocycles. The van der Waals surface area contributed by atoms with Crippen LogP contribution in [0, 0.1) is 0 Å². The molecular weight excluding hydrogens is 225 g/mol. The molecule has 0 aliphatic heterocycles. The SMILES string of the molecule is C=C(CC(=O)[O-])C(=O)NCC(OC)OC.[Na+]. The van der Waals surface area contributed by atoms with Crippen LogP contribution >= 0.6 is 0 Å². The van der Waals surface area contributed by atoms with E-state index in [9.17, 15) is 14.7 Å². The van der Waals surface area contributed by atoms with Gasteiger partial charge < -0.3 is 24.7 Å². The smallest absolute Gasteiger partial charge is 0.550 e. The van der Waals surface area contributed by atoms with Crippen molar-refractivity contribution in [3.8, 4) is 0 Å². The predicted molar refractivity (Wildman–Crippen MR) is 49.6 cm³/mol. The fourth-order valence-electron chi connectivity index (χ4n) is 0.818. The molecule has 0 unspecified atom stereocenters. The third-order valence-electron chi connectivity index (χ3n) is 1.63. The summed E-state index contributed by atoms with van der Waals surface area (Å²) in [5.74, 6) is -1.90. The van der Waals surface area contributed by atoms with Crippen molar-refractivity contribution in [3.05, 3.63) is 12.2 Å². The van der Waals surface area contributed by atoms with Gasteiger partial charge in [0.1, 0.15) is 0 Å². The Morgan fingerprint density at radius 3 is 2.25 bits per heavy atom. The molecule has 16 heavy (non-hydrogen) atoms. The van der Waals surface area contributed by atoms with E-state index in [0.29, 0.717) is 0 Å². The maximum absolute atomic E-state index is 11.2. The number of carbonyl (C=O) groups is 2. The molecule has 0 radical (unpaired) electrons. The van der Waals surface area contributed by atoms with Gasteiger partial charge in [0, 0.05) is 32.2 Å². The molecule has 0 atom stereocenters. The molecule has 0 aliphatic carbocycles. The number of aliphatic carboxylic acids is 1. The summed E-state index contributed by atoms with van der Waals surface area (Å²) in [5, 5.41) is 12.6. The Kier molecular flexibility index (Phi) is 11.0. The van der Waals surface area contributed by atoms with Gasteiger partial charge in [0.15, 0.2) is 6.29 Å². The number of hydrogen-bond donors (Lipinski definition) is 1. The zero-order chi connectivity index (χ0) is 11.8. The Morgan fingerprint density at radius 1 is 1.38 bits per heavy atom. The molecule has 0 fully saturated rings. The number of amides is 1. The maximum atomic E-state index is 11.2. The van der Waals surface area contributed by atoms with Gasteiger partial charge in [-0.1, -0.05) is 6.58 Å². The topological polar surface area (TPSA) is 87.7 Å². The van der Waals surface area contributed by atoms with Crippen molar-refractivity contribution >= 4 is 11.9 Å². The van der Waals surface area contributed by atoms with Gasteiger partial charge in [-0.2, -0.15) is 0 Å². The summed E-state index contributed by atoms with van der Waals surface area (Å²) in [6.07, 6.45) is -1.05.